The van der Waals surface area contributed by atoms with E-state index in [0.29, 0.717) is 26.4 Å². The topological polar surface area (TPSA) is 49.8 Å². The molecule has 0 bridgehead atoms. The molecular formula is C21H15NO4S2. The van der Waals surface area contributed by atoms with Crippen molar-refractivity contribution in [3.05, 3.63) is 41.2 Å². The van der Waals surface area contributed by atoms with Crippen LogP contribution in [0.1, 0.15) is 0 Å². The molecule has 0 amide bonds. The standard InChI is InChI=1S/C21H15NO4S2/c1-2-12-13(20-18-15(10-27-20)23-6-8-25-18)3-4-14(17(12)22-5-1)21-19-16(11-28-21)24-7-9-26-19/h1-5,10-11H,6-9H2. The molecule has 28 heavy (non-hydrogen) atoms. The molecule has 6 rings (SSSR count). The second-order valence-electron chi connectivity index (χ2n) is 6.47. The van der Waals surface area contributed by atoms with Gasteiger partial charge >= 0.3 is 0 Å². The molecule has 0 radical (unpaired) electrons. The Kier molecular flexibility index (Phi) is 3.70. The fourth-order valence-corrected chi connectivity index (χ4v) is 5.58. The summed E-state index contributed by atoms with van der Waals surface area (Å²) < 4.78 is 23.2. The lowest BCUT2D eigenvalue weighted by Gasteiger charge is -2.18. The van der Waals surface area contributed by atoms with Crippen LogP contribution in [0.3, 0.4) is 0 Å². The molecular weight excluding hydrogens is 394 g/mol. The first-order valence-electron chi connectivity index (χ1n) is 9.03. The molecule has 0 atom stereocenters. The van der Waals surface area contributed by atoms with Crippen LogP contribution in [0.5, 0.6) is 23.0 Å². The molecule has 5 heterocycles. The highest BCUT2D eigenvalue weighted by Crippen LogP contribution is 2.50. The molecule has 0 aliphatic carbocycles. The molecule has 0 N–H and O–H groups in total. The first kappa shape index (κ1) is 16.2. The first-order valence-corrected chi connectivity index (χ1v) is 10.8. The number of hydrogen-bond donors (Lipinski definition) is 0. The van der Waals surface area contributed by atoms with Crippen molar-refractivity contribution < 1.29 is 18.9 Å². The number of nitrogens with zero attached hydrogens (tertiary/aromatic N) is 1. The number of rotatable bonds is 2. The molecule has 0 unspecified atom stereocenters. The molecule has 140 valence electrons. The van der Waals surface area contributed by atoms with Crippen LogP contribution in [0.4, 0.5) is 0 Å². The fraction of sp³-hybridized carbons (Fsp3) is 0.190. The predicted octanol–water partition coefficient (Wildman–Crippen LogP) is 5.23. The van der Waals surface area contributed by atoms with Crippen LogP contribution < -0.4 is 18.9 Å². The molecule has 0 saturated heterocycles. The number of aromatic nitrogens is 1. The first-order chi connectivity index (χ1) is 13.9. The highest BCUT2D eigenvalue weighted by molar-refractivity contribution is 7.15. The van der Waals surface area contributed by atoms with E-state index in [1.54, 1.807) is 22.7 Å². The summed E-state index contributed by atoms with van der Waals surface area (Å²) in [6.45, 7) is 2.32. The Morgan fingerprint density at radius 1 is 0.714 bits per heavy atom. The van der Waals surface area contributed by atoms with Crippen molar-refractivity contribution in [2.75, 3.05) is 26.4 Å². The Labute approximate surface area is 169 Å². The molecule has 2 aliphatic heterocycles. The minimum atomic E-state index is 0.568. The van der Waals surface area contributed by atoms with Crippen molar-refractivity contribution in [1.82, 2.24) is 4.98 Å². The summed E-state index contributed by atoms with van der Waals surface area (Å²) in [5.41, 5.74) is 3.10. The Bertz CT molecular complexity index is 1100. The number of pyridine rings is 1. The van der Waals surface area contributed by atoms with Crippen molar-refractivity contribution >= 4 is 33.6 Å². The molecule has 2 aliphatic rings. The molecule has 0 fully saturated rings. The van der Waals surface area contributed by atoms with Gasteiger partial charge in [-0.05, 0) is 6.07 Å². The lowest BCUT2D eigenvalue weighted by molar-refractivity contribution is 0.174. The van der Waals surface area contributed by atoms with Gasteiger partial charge in [-0.25, -0.2) is 0 Å². The minimum absolute atomic E-state index is 0.568. The van der Waals surface area contributed by atoms with Crippen molar-refractivity contribution in [3.63, 3.8) is 0 Å². The third-order valence-electron chi connectivity index (χ3n) is 4.86. The maximum absolute atomic E-state index is 5.91. The lowest BCUT2D eigenvalue weighted by Crippen LogP contribution is -2.14. The quantitative estimate of drug-likeness (QED) is 0.453. The van der Waals surface area contributed by atoms with Crippen LogP contribution >= 0.6 is 22.7 Å². The normalized spacial score (nSPS) is 15.0. The van der Waals surface area contributed by atoms with Gasteiger partial charge in [-0.2, -0.15) is 0 Å². The van der Waals surface area contributed by atoms with E-state index < -0.39 is 0 Å². The Morgan fingerprint density at radius 2 is 1.32 bits per heavy atom. The van der Waals surface area contributed by atoms with Crippen LogP contribution in [0, 0.1) is 0 Å². The molecule has 5 nitrogen and oxygen atoms in total. The van der Waals surface area contributed by atoms with E-state index in [1.165, 1.54) is 0 Å². The van der Waals surface area contributed by atoms with Gasteiger partial charge in [0.1, 0.15) is 26.4 Å². The van der Waals surface area contributed by atoms with E-state index in [0.717, 1.165) is 54.8 Å². The smallest absolute Gasteiger partial charge is 0.180 e. The SMILES string of the molecule is c1cnc2c(-c3scc4c3OCCO4)ccc(-c3scc4c3OCCO4)c2c1. The number of fused-ring (bicyclic) bond motifs is 3. The van der Waals surface area contributed by atoms with Crippen molar-refractivity contribution in [1.29, 1.82) is 0 Å². The Morgan fingerprint density at radius 3 is 2.04 bits per heavy atom. The van der Waals surface area contributed by atoms with E-state index in [4.69, 9.17) is 23.9 Å². The van der Waals surface area contributed by atoms with Gasteiger partial charge in [0.2, 0.25) is 0 Å². The summed E-state index contributed by atoms with van der Waals surface area (Å²) in [6, 6.07) is 8.33. The predicted molar refractivity (Wildman–Crippen MR) is 110 cm³/mol. The number of ether oxygens (including phenoxy) is 4. The molecule has 1 aromatic carbocycles. The van der Waals surface area contributed by atoms with Gasteiger partial charge in [-0.15, -0.1) is 22.7 Å². The highest BCUT2D eigenvalue weighted by atomic mass is 32.1. The molecule has 3 aromatic heterocycles. The molecule has 4 aromatic rings. The van der Waals surface area contributed by atoms with E-state index in [1.807, 2.05) is 23.0 Å². The summed E-state index contributed by atoms with van der Waals surface area (Å²) in [5.74, 6) is 3.29. The molecule has 0 saturated carbocycles. The monoisotopic (exact) mass is 409 g/mol. The van der Waals surface area contributed by atoms with Gasteiger partial charge in [-0.3, -0.25) is 4.98 Å². The maximum atomic E-state index is 5.91. The Balaban J connectivity index is 1.56. The zero-order valence-corrected chi connectivity index (χ0v) is 16.4. The van der Waals surface area contributed by atoms with Crippen LogP contribution in [-0.4, -0.2) is 31.4 Å². The van der Waals surface area contributed by atoms with E-state index >= 15 is 0 Å². The van der Waals surface area contributed by atoms with Crippen LogP contribution in [0.15, 0.2) is 41.2 Å². The average molecular weight is 409 g/mol. The van der Waals surface area contributed by atoms with Gasteiger partial charge in [0, 0.05) is 33.5 Å². The fourth-order valence-electron chi connectivity index (χ4n) is 3.65. The lowest BCUT2D eigenvalue weighted by atomic mass is 10.0. The van der Waals surface area contributed by atoms with Crippen molar-refractivity contribution in [2.24, 2.45) is 0 Å². The Hall–Kier alpha value is -2.77. The van der Waals surface area contributed by atoms with Gasteiger partial charge in [-0.1, -0.05) is 18.2 Å². The largest absolute Gasteiger partial charge is 0.485 e. The van der Waals surface area contributed by atoms with Crippen molar-refractivity contribution in [2.45, 2.75) is 0 Å². The second kappa shape index (κ2) is 6.39. The average Bonchev–Trinajstić information content (AvgIpc) is 3.37. The third kappa shape index (κ3) is 2.40. The molecule has 7 heteroatoms. The van der Waals surface area contributed by atoms with Gasteiger partial charge in [0.25, 0.3) is 0 Å². The van der Waals surface area contributed by atoms with Gasteiger partial charge in [0.15, 0.2) is 23.0 Å². The third-order valence-corrected chi connectivity index (χ3v) is 6.81. The van der Waals surface area contributed by atoms with E-state index in [-0.39, 0.29) is 0 Å². The second-order valence-corrected chi connectivity index (χ2v) is 8.23. The summed E-state index contributed by atoms with van der Waals surface area (Å²) in [4.78, 5) is 6.84. The highest BCUT2D eigenvalue weighted by Gasteiger charge is 2.25. The summed E-state index contributed by atoms with van der Waals surface area (Å²) in [5, 5.41) is 5.10. The summed E-state index contributed by atoms with van der Waals surface area (Å²) in [6.07, 6.45) is 1.83. The van der Waals surface area contributed by atoms with E-state index in [2.05, 4.69) is 18.2 Å². The number of benzene rings is 1. The summed E-state index contributed by atoms with van der Waals surface area (Å²) >= 11 is 3.27. The van der Waals surface area contributed by atoms with Crippen molar-refractivity contribution in [3.8, 4) is 43.9 Å². The number of hydrogen-bond acceptors (Lipinski definition) is 7. The van der Waals surface area contributed by atoms with Crippen LogP contribution in [0.25, 0.3) is 31.8 Å². The van der Waals surface area contributed by atoms with Gasteiger partial charge in [0.05, 0.1) is 15.3 Å². The summed E-state index contributed by atoms with van der Waals surface area (Å²) in [7, 11) is 0. The van der Waals surface area contributed by atoms with Crippen LogP contribution in [0.2, 0.25) is 0 Å². The minimum Gasteiger partial charge on any atom is -0.485 e. The van der Waals surface area contributed by atoms with E-state index in [9.17, 15) is 0 Å². The zero-order valence-electron chi connectivity index (χ0n) is 14.8. The van der Waals surface area contributed by atoms with Crippen LogP contribution in [-0.2, 0) is 0 Å². The zero-order chi connectivity index (χ0) is 18.5. The van der Waals surface area contributed by atoms with Gasteiger partial charge < -0.3 is 18.9 Å². The number of thiophene rings is 2. The molecule has 0 spiro atoms. The maximum Gasteiger partial charge on any atom is 0.180 e.